The van der Waals surface area contributed by atoms with Gasteiger partial charge in [-0.05, 0) is 29.8 Å². The van der Waals surface area contributed by atoms with E-state index in [1.54, 1.807) is 24.5 Å². The molecule has 1 N–H and O–H groups in total. The molecule has 120 valence electrons. The Morgan fingerprint density at radius 2 is 1.88 bits per heavy atom. The molecule has 2 aliphatic rings. The number of amides is 1. The fraction of sp³-hybridized carbons (Fsp3) is 0.176. The fourth-order valence-corrected chi connectivity index (χ4v) is 3.82. The Morgan fingerprint density at radius 1 is 1.12 bits per heavy atom. The lowest BCUT2D eigenvalue weighted by molar-refractivity contribution is -0.115. The molecule has 0 bridgehead atoms. The van der Waals surface area contributed by atoms with Crippen LogP contribution in [0.4, 0.5) is 4.39 Å². The molecule has 0 aliphatic carbocycles. The molecule has 0 spiro atoms. The maximum absolute atomic E-state index is 13.2. The van der Waals surface area contributed by atoms with Crippen LogP contribution >= 0.6 is 11.8 Å². The van der Waals surface area contributed by atoms with E-state index in [9.17, 15) is 9.18 Å². The normalized spacial score (nSPS) is 23.0. The van der Waals surface area contributed by atoms with Gasteiger partial charge in [0.25, 0.3) is 5.91 Å². The van der Waals surface area contributed by atoms with Gasteiger partial charge in [0, 0.05) is 18.0 Å². The van der Waals surface area contributed by atoms with Gasteiger partial charge in [-0.2, -0.15) is 5.10 Å². The Bertz CT molecular complexity index is 835. The van der Waals surface area contributed by atoms with Crippen LogP contribution in [-0.4, -0.2) is 27.4 Å². The minimum absolute atomic E-state index is 0.131. The molecule has 2 atom stereocenters. The number of rotatable bonds is 3. The Morgan fingerprint density at radius 3 is 2.54 bits per heavy atom. The van der Waals surface area contributed by atoms with Gasteiger partial charge >= 0.3 is 0 Å². The number of hydrogen-bond donors (Lipinski definition) is 1. The van der Waals surface area contributed by atoms with Crippen molar-refractivity contribution in [2.45, 2.75) is 6.04 Å². The molecule has 0 saturated heterocycles. The van der Waals surface area contributed by atoms with Crippen LogP contribution in [0.25, 0.3) is 0 Å². The molecule has 0 saturated carbocycles. The van der Waals surface area contributed by atoms with Crippen molar-refractivity contribution < 1.29 is 9.18 Å². The van der Waals surface area contributed by atoms with Crippen LogP contribution in [-0.2, 0) is 4.79 Å². The highest BCUT2D eigenvalue weighted by Gasteiger charge is 2.39. The number of aromatic nitrogens is 1. The van der Waals surface area contributed by atoms with E-state index in [0.29, 0.717) is 5.75 Å². The monoisotopic (exact) mass is 340 g/mol. The smallest absolute Gasteiger partial charge is 0.256 e. The topological polar surface area (TPSA) is 66.7 Å². The first-order valence-corrected chi connectivity index (χ1v) is 8.44. The molecule has 1 aromatic carbocycles. The minimum Gasteiger partial charge on any atom is -0.301 e. The molecule has 1 aromatic heterocycles. The highest BCUT2D eigenvalue weighted by molar-refractivity contribution is 8.15. The van der Waals surface area contributed by atoms with Crippen molar-refractivity contribution in [3.63, 3.8) is 0 Å². The first kappa shape index (κ1) is 15.0. The molecule has 24 heavy (non-hydrogen) atoms. The summed E-state index contributed by atoms with van der Waals surface area (Å²) >= 11 is 1.44. The molecule has 5 nitrogen and oxygen atoms in total. The Balaban J connectivity index is 1.75. The van der Waals surface area contributed by atoms with Gasteiger partial charge in [0.1, 0.15) is 5.82 Å². The average molecular weight is 340 g/mol. The summed E-state index contributed by atoms with van der Waals surface area (Å²) in [6.45, 7) is 0. The molecule has 2 aliphatic heterocycles. The molecule has 0 fully saturated rings. The van der Waals surface area contributed by atoms with Gasteiger partial charge in [0.15, 0.2) is 0 Å². The zero-order chi connectivity index (χ0) is 16.5. The van der Waals surface area contributed by atoms with Crippen molar-refractivity contribution in [3.05, 3.63) is 65.7 Å². The summed E-state index contributed by atoms with van der Waals surface area (Å²) < 4.78 is 13.2. The highest BCUT2D eigenvalue weighted by Crippen LogP contribution is 2.36. The second kappa shape index (κ2) is 6.16. The maximum atomic E-state index is 13.2. The van der Waals surface area contributed by atoms with E-state index in [2.05, 4.69) is 20.5 Å². The third-order valence-corrected chi connectivity index (χ3v) is 5.03. The van der Waals surface area contributed by atoms with Crippen LogP contribution in [0.5, 0.6) is 0 Å². The number of carbonyl (C=O) groups is 1. The van der Waals surface area contributed by atoms with E-state index in [4.69, 9.17) is 0 Å². The summed E-state index contributed by atoms with van der Waals surface area (Å²) in [6.07, 6.45) is 3.41. The van der Waals surface area contributed by atoms with Crippen LogP contribution < -0.4 is 5.43 Å². The molecule has 3 heterocycles. The number of aliphatic imine (C=N–C) groups is 1. The second-order valence-corrected chi connectivity index (χ2v) is 6.50. The lowest BCUT2D eigenvalue weighted by atomic mass is 9.88. The number of thioether (sulfide) groups is 1. The van der Waals surface area contributed by atoms with Crippen molar-refractivity contribution in [3.8, 4) is 0 Å². The quantitative estimate of drug-likeness (QED) is 0.932. The van der Waals surface area contributed by atoms with E-state index in [1.807, 2.05) is 12.1 Å². The average Bonchev–Trinajstić information content (AvgIpc) is 3.22. The van der Waals surface area contributed by atoms with Crippen molar-refractivity contribution >= 4 is 28.4 Å². The Hall–Kier alpha value is -2.54. The summed E-state index contributed by atoms with van der Waals surface area (Å²) in [5.74, 6) is -0.250. The Labute approximate surface area is 142 Å². The molecular formula is C17H13FN4OS. The number of nitrogens with one attached hydrogen (secondary N) is 1. The van der Waals surface area contributed by atoms with Crippen LogP contribution in [0.3, 0.4) is 0 Å². The number of carbonyl (C=O) groups excluding carboxylic acids is 1. The fourth-order valence-electron chi connectivity index (χ4n) is 2.89. The SMILES string of the molecule is O=C1CSC(C2C(c3ccncc3)=NNC2c2ccc(F)cc2)=N1. The van der Waals surface area contributed by atoms with Gasteiger partial charge in [0.05, 0.1) is 28.5 Å². The summed E-state index contributed by atoms with van der Waals surface area (Å²) in [5, 5.41) is 5.22. The van der Waals surface area contributed by atoms with Crippen molar-refractivity contribution in [1.29, 1.82) is 0 Å². The standard InChI is InChI=1S/C17H13FN4OS/c18-12-3-1-10(2-4-12)15-14(17-20-13(23)9-24-17)16(22-21-15)11-5-7-19-8-6-11/h1-8,14-15,21H,9H2. The number of hydrogen-bond acceptors (Lipinski definition) is 5. The first-order valence-electron chi connectivity index (χ1n) is 7.45. The molecule has 1 amide bonds. The first-order chi connectivity index (χ1) is 11.7. The maximum Gasteiger partial charge on any atom is 0.256 e. The zero-order valence-electron chi connectivity index (χ0n) is 12.5. The van der Waals surface area contributed by atoms with Gasteiger partial charge in [-0.25, -0.2) is 9.38 Å². The van der Waals surface area contributed by atoms with E-state index >= 15 is 0 Å². The van der Waals surface area contributed by atoms with E-state index < -0.39 is 0 Å². The third-order valence-electron chi connectivity index (χ3n) is 4.00. The van der Waals surface area contributed by atoms with E-state index in [0.717, 1.165) is 21.9 Å². The van der Waals surface area contributed by atoms with Crippen molar-refractivity contribution in [1.82, 2.24) is 10.4 Å². The molecule has 7 heteroatoms. The lowest BCUT2D eigenvalue weighted by Crippen LogP contribution is -2.27. The molecule has 2 unspecified atom stereocenters. The molecule has 2 aromatic rings. The van der Waals surface area contributed by atoms with Gasteiger partial charge in [0.2, 0.25) is 0 Å². The third kappa shape index (κ3) is 2.71. The number of halogens is 1. The van der Waals surface area contributed by atoms with E-state index in [1.165, 1.54) is 23.9 Å². The largest absolute Gasteiger partial charge is 0.301 e. The van der Waals surface area contributed by atoms with Crippen LogP contribution in [0, 0.1) is 11.7 Å². The number of pyridine rings is 1. The van der Waals surface area contributed by atoms with E-state index in [-0.39, 0.29) is 23.7 Å². The van der Waals surface area contributed by atoms with Crippen molar-refractivity contribution in [2.75, 3.05) is 5.75 Å². The van der Waals surface area contributed by atoms with Gasteiger partial charge < -0.3 is 5.43 Å². The zero-order valence-corrected chi connectivity index (χ0v) is 13.3. The van der Waals surface area contributed by atoms with Gasteiger partial charge in [-0.15, -0.1) is 0 Å². The second-order valence-electron chi connectivity index (χ2n) is 5.50. The number of benzene rings is 1. The molecular weight excluding hydrogens is 327 g/mol. The van der Waals surface area contributed by atoms with Crippen LogP contribution in [0.1, 0.15) is 17.2 Å². The Kier molecular flexibility index (Phi) is 3.86. The van der Waals surface area contributed by atoms with Crippen LogP contribution in [0.15, 0.2) is 58.9 Å². The number of hydrazone groups is 1. The summed E-state index contributed by atoms with van der Waals surface area (Å²) in [6, 6.07) is 9.87. The minimum atomic E-state index is -0.286. The summed E-state index contributed by atoms with van der Waals surface area (Å²) in [4.78, 5) is 19.8. The molecule has 0 radical (unpaired) electrons. The molecule has 4 rings (SSSR count). The van der Waals surface area contributed by atoms with Crippen molar-refractivity contribution in [2.24, 2.45) is 16.0 Å². The predicted molar refractivity (Wildman–Crippen MR) is 91.4 cm³/mol. The lowest BCUT2D eigenvalue weighted by Gasteiger charge is -2.20. The highest BCUT2D eigenvalue weighted by atomic mass is 32.2. The summed E-state index contributed by atoms with van der Waals surface area (Å²) in [5.41, 5.74) is 5.76. The summed E-state index contributed by atoms with van der Waals surface area (Å²) in [7, 11) is 0. The van der Waals surface area contributed by atoms with Crippen LogP contribution in [0.2, 0.25) is 0 Å². The predicted octanol–water partition coefficient (Wildman–Crippen LogP) is 2.56. The number of nitrogens with zero attached hydrogens (tertiary/aromatic N) is 3. The van der Waals surface area contributed by atoms with Gasteiger partial charge in [-0.1, -0.05) is 23.9 Å². The van der Waals surface area contributed by atoms with Gasteiger partial charge in [-0.3, -0.25) is 9.78 Å².